The number of amides is 1. The number of anilines is 2. The van der Waals surface area contributed by atoms with Gasteiger partial charge in [0.05, 0.1) is 16.1 Å². The van der Waals surface area contributed by atoms with Gasteiger partial charge in [-0.2, -0.15) is 5.48 Å². The molecule has 15 heteroatoms. The minimum Gasteiger partial charge on any atom is -0.456 e. The second kappa shape index (κ2) is 19.2. The Bertz CT molecular complexity index is 2420. The van der Waals surface area contributed by atoms with Crippen LogP contribution in [-0.2, 0) is 10.0 Å². The standard InChI is InChI=1S/C45H52ClN7O5S.H2O/c1-51-21-18-35(19-22-51)48-42-16-13-38(29-43(42)49-55)59(56,57)50-45(54)40-14-11-36(28-44(40)58-37-12-15-41-32(27-37)17-20-47-41)53-25-23-52(24-26-53)30-33-5-3-2-4-6-39(33)31-7-9-34(46)10-8-31;/h7-17,20,27-29,35,47-49,55H,2-6,18-19,21-26,30H2,1H3,(H,50,54);1H2/p+1. The van der Waals surface area contributed by atoms with Crippen LogP contribution in [0.2, 0.25) is 5.02 Å². The van der Waals surface area contributed by atoms with Crippen LogP contribution >= 0.6 is 11.6 Å². The Morgan fingerprint density at radius 1 is 0.900 bits per heavy atom. The van der Waals surface area contributed by atoms with Crippen LogP contribution < -0.4 is 25.2 Å². The number of fused-ring (bicyclic) bond motifs is 1. The summed E-state index contributed by atoms with van der Waals surface area (Å²) in [6.07, 6.45) is 9.55. The highest BCUT2D eigenvalue weighted by atomic mass is 35.5. The number of hydrogen-bond acceptors (Lipinski definition) is 9. The average molecular weight is 857 g/mol. The lowest BCUT2D eigenvalue weighted by Crippen LogP contribution is -2.74. The van der Waals surface area contributed by atoms with Gasteiger partial charge in [-0.1, -0.05) is 35.7 Å². The first kappa shape index (κ1) is 43.2. The number of allylic oxidation sites excluding steroid dienone is 1. The Balaban J connectivity index is 0.00000544. The second-order valence-electron chi connectivity index (χ2n) is 16.0. The number of ether oxygens (including phenoxy) is 1. The number of H-pyrrole nitrogens is 1. The molecule has 8 N–H and O–H groups in total. The summed E-state index contributed by atoms with van der Waals surface area (Å²) in [6, 6.07) is 25.8. The van der Waals surface area contributed by atoms with E-state index in [9.17, 15) is 18.4 Å². The Morgan fingerprint density at radius 2 is 1.67 bits per heavy atom. The van der Waals surface area contributed by atoms with Crippen molar-refractivity contribution in [1.29, 1.82) is 0 Å². The summed E-state index contributed by atoms with van der Waals surface area (Å²) in [4.78, 5) is 24.1. The minimum atomic E-state index is -4.33. The van der Waals surface area contributed by atoms with E-state index < -0.39 is 15.9 Å². The van der Waals surface area contributed by atoms with Crippen molar-refractivity contribution in [1.82, 2.24) is 19.5 Å². The molecule has 4 aromatic carbocycles. The van der Waals surface area contributed by atoms with Gasteiger partial charge in [-0.25, -0.2) is 18.3 Å². The molecule has 0 saturated carbocycles. The van der Waals surface area contributed by atoms with Crippen molar-refractivity contribution < 1.29 is 34.1 Å². The Labute approximate surface area is 356 Å². The number of benzene rings is 4. The number of likely N-dealkylation sites (tertiary alicyclic amines) is 1. The third-order valence-electron chi connectivity index (χ3n) is 11.9. The fourth-order valence-corrected chi connectivity index (χ4v) is 9.64. The third-order valence-corrected chi connectivity index (χ3v) is 13.5. The smallest absolute Gasteiger partial charge is 0.268 e. The molecule has 0 bridgehead atoms. The van der Waals surface area contributed by atoms with E-state index in [0.29, 0.717) is 17.1 Å². The van der Waals surface area contributed by atoms with E-state index in [1.807, 2.05) is 54.7 Å². The van der Waals surface area contributed by atoms with Crippen LogP contribution in [0.5, 0.6) is 11.5 Å². The number of nitrogens with two attached hydrogens (primary N) is 1. The fraction of sp³-hybridized carbons (Fsp3) is 0.356. The molecule has 2 aliphatic heterocycles. The highest BCUT2D eigenvalue weighted by molar-refractivity contribution is 7.90. The predicted octanol–water partition coefficient (Wildman–Crippen LogP) is 6.54. The van der Waals surface area contributed by atoms with E-state index in [1.54, 1.807) is 12.1 Å². The lowest BCUT2D eigenvalue weighted by molar-refractivity contribution is -0.825. The first-order valence-corrected chi connectivity index (χ1v) is 22.4. The summed E-state index contributed by atoms with van der Waals surface area (Å²) in [5.41, 5.74) is 7.99. The summed E-state index contributed by atoms with van der Waals surface area (Å²) >= 11 is 6.23. The predicted molar refractivity (Wildman–Crippen MR) is 237 cm³/mol. The lowest BCUT2D eigenvalue weighted by Gasteiger charge is -2.37. The van der Waals surface area contributed by atoms with Crippen molar-refractivity contribution in [2.75, 3.05) is 63.1 Å². The highest BCUT2D eigenvalue weighted by Crippen LogP contribution is 2.35. The summed E-state index contributed by atoms with van der Waals surface area (Å²) < 4.78 is 36.1. The van der Waals surface area contributed by atoms with E-state index in [0.717, 1.165) is 98.6 Å². The van der Waals surface area contributed by atoms with Gasteiger partial charge in [0, 0.05) is 78.7 Å². The van der Waals surface area contributed by atoms with Crippen LogP contribution in [0.1, 0.15) is 60.9 Å². The molecule has 2 saturated heterocycles. The van der Waals surface area contributed by atoms with E-state index in [1.165, 1.54) is 48.1 Å². The molecule has 5 aromatic rings. The second-order valence-corrected chi connectivity index (χ2v) is 18.1. The Hall–Kier alpha value is -4.93. The Kier molecular flexibility index (Phi) is 13.8. The summed E-state index contributed by atoms with van der Waals surface area (Å²) in [5, 5.41) is 15.2. The van der Waals surface area contributed by atoms with Gasteiger partial charge in [0.2, 0.25) is 0 Å². The molecule has 318 valence electrons. The molecular formula is C45H55ClN7O6S+. The molecule has 1 amide bonds. The molecular weight excluding hydrogens is 802 g/mol. The number of nitrogens with zero attached hydrogens (tertiary/aromatic N) is 3. The van der Waals surface area contributed by atoms with E-state index in [2.05, 4.69) is 48.9 Å². The van der Waals surface area contributed by atoms with Gasteiger partial charge < -0.3 is 30.3 Å². The SMILES string of the molecule is CN1CCC(Nc2ccc(S(=O)(=O)NC(=O)c3ccc(N4CCN(CC5=C(c6ccc(Cl)cc6)CCCCC5)CC4)cc3Oc3ccc4[nH]ccc4c3)cc2[NH2+]O)CC1.O. The van der Waals surface area contributed by atoms with Gasteiger partial charge in [0.1, 0.15) is 11.5 Å². The number of rotatable bonds is 12. The minimum absolute atomic E-state index is 0. The quantitative estimate of drug-likeness (QED) is 0.0689. The van der Waals surface area contributed by atoms with Crippen LogP contribution in [0, 0.1) is 0 Å². The first-order valence-electron chi connectivity index (χ1n) is 20.6. The lowest BCUT2D eigenvalue weighted by atomic mass is 9.95. The van der Waals surface area contributed by atoms with Crippen molar-refractivity contribution in [3.8, 4) is 11.5 Å². The van der Waals surface area contributed by atoms with E-state index in [4.69, 9.17) is 16.3 Å². The van der Waals surface area contributed by atoms with Gasteiger partial charge in [0.25, 0.3) is 15.9 Å². The number of carbonyl (C=O) groups is 1. The van der Waals surface area contributed by atoms with Gasteiger partial charge in [0.15, 0.2) is 5.69 Å². The topological polar surface area (TPSA) is 178 Å². The number of sulfonamides is 1. The zero-order valence-corrected chi connectivity index (χ0v) is 35.5. The largest absolute Gasteiger partial charge is 0.456 e. The van der Waals surface area contributed by atoms with Crippen molar-refractivity contribution in [3.05, 3.63) is 113 Å². The van der Waals surface area contributed by atoms with Crippen molar-refractivity contribution >= 4 is 61.1 Å². The number of halogens is 1. The maximum Gasteiger partial charge on any atom is 0.268 e. The molecule has 8 rings (SSSR count). The molecule has 0 unspecified atom stereocenters. The molecule has 0 atom stereocenters. The number of carbonyl (C=O) groups excluding carboxylic acids is 1. The molecule has 3 heterocycles. The van der Waals surface area contributed by atoms with Gasteiger partial charge in [-0.05, 0) is 130 Å². The van der Waals surface area contributed by atoms with Gasteiger partial charge in [-0.3, -0.25) is 9.69 Å². The monoisotopic (exact) mass is 856 g/mol. The van der Waals surface area contributed by atoms with Crippen LogP contribution in [0.3, 0.4) is 0 Å². The summed E-state index contributed by atoms with van der Waals surface area (Å²) in [6.45, 7) is 6.14. The number of quaternary nitrogens is 1. The van der Waals surface area contributed by atoms with Crippen LogP contribution in [0.25, 0.3) is 16.5 Å². The molecule has 1 aromatic heterocycles. The van der Waals surface area contributed by atoms with Crippen LogP contribution in [0.4, 0.5) is 17.1 Å². The molecule has 3 aliphatic rings. The maximum absolute atomic E-state index is 13.9. The normalized spacial score (nSPS) is 17.3. The fourth-order valence-electron chi connectivity index (χ4n) is 8.51. The molecule has 13 nitrogen and oxygen atoms in total. The third kappa shape index (κ3) is 10.1. The molecule has 0 radical (unpaired) electrons. The molecule has 0 spiro atoms. The summed E-state index contributed by atoms with van der Waals surface area (Å²) in [5.74, 6) is -0.0685. The zero-order valence-electron chi connectivity index (χ0n) is 33.9. The maximum atomic E-state index is 13.9. The van der Waals surface area contributed by atoms with E-state index in [-0.39, 0.29) is 27.7 Å². The highest BCUT2D eigenvalue weighted by Gasteiger charge is 2.27. The number of hydrogen-bond donors (Lipinski definition) is 5. The molecule has 1 aliphatic carbocycles. The number of piperidine rings is 1. The Morgan fingerprint density at radius 3 is 2.43 bits per heavy atom. The number of aromatic nitrogens is 1. The van der Waals surface area contributed by atoms with Gasteiger partial charge in [-0.15, -0.1) is 0 Å². The first-order chi connectivity index (χ1) is 28.6. The number of aromatic amines is 1. The average Bonchev–Trinajstić information content (AvgIpc) is 3.59. The van der Waals surface area contributed by atoms with Crippen molar-refractivity contribution in [2.24, 2.45) is 0 Å². The van der Waals surface area contributed by atoms with Crippen LogP contribution in [-0.4, -0.2) is 98.7 Å². The summed E-state index contributed by atoms with van der Waals surface area (Å²) in [7, 11) is -2.25. The molecule has 60 heavy (non-hydrogen) atoms. The zero-order chi connectivity index (χ0) is 40.9. The van der Waals surface area contributed by atoms with Crippen LogP contribution in [0.15, 0.2) is 102 Å². The number of piperazine rings is 1. The van der Waals surface area contributed by atoms with Gasteiger partial charge >= 0.3 is 0 Å². The van der Waals surface area contributed by atoms with E-state index >= 15 is 0 Å². The van der Waals surface area contributed by atoms with Crippen molar-refractivity contribution in [2.45, 2.75) is 55.9 Å². The molecule has 2 fully saturated rings. The number of nitrogens with one attached hydrogen (secondary N) is 3. The van der Waals surface area contributed by atoms with Crippen molar-refractivity contribution in [3.63, 3.8) is 0 Å².